The minimum Gasteiger partial charge on any atom is -0.496 e. The van der Waals surface area contributed by atoms with Gasteiger partial charge in [0.25, 0.3) is 5.91 Å². The van der Waals surface area contributed by atoms with Gasteiger partial charge in [0.05, 0.1) is 25.4 Å². The maximum Gasteiger partial charge on any atom is 0.276 e. The molecule has 2 heterocycles. The van der Waals surface area contributed by atoms with Crippen molar-refractivity contribution in [2.45, 2.75) is 13.0 Å². The zero-order chi connectivity index (χ0) is 15.5. The van der Waals surface area contributed by atoms with E-state index in [4.69, 9.17) is 14.0 Å². The number of methoxy groups -OCH3 is 1. The van der Waals surface area contributed by atoms with Gasteiger partial charge in [0, 0.05) is 19.2 Å². The van der Waals surface area contributed by atoms with Gasteiger partial charge in [-0.2, -0.15) is 0 Å². The van der Waals surface area contributed by atoms with Crippen LogP contribution in [0.2, 0.25) is 0 Å². The van der Waals surface area contributed by atoms with Crippen molar-refractivity contribution >= 4 is 5.91 Å². The quantitative estimate of drug-likeness (QED) is 0.869. The molecular formula is C16H18N2O4. The number of para-hydroxylation sites is 1. The maximum atomic E-state index is 12.5. The van der Waals surface area contributed by atoms with Crippen LogP contribution < -0.4 is 4.74 Å². The van der Waals surface area contributed by atoms with Crippen LogP contribution in [0, 0.1) is 0 Å². The van der Waals surface area contributed by atoms with Gasteiger partial charge in [0.15, 0.2) is 11.5 Å². The monoisotopic (exact) mass is 302 g/mol. The number of morpholine rings is 1. The van der Waals surface area contributed by atoms with E-state index in [1.165, 1.54) is 0 Å². The number of benzene rings is 1. The van der Waals surface area contributed by atoms with Gasteiger partial charge in [-0.15, -0.1) is 0 Å². The number of carbonyl (C=O) groups is 1. The maximum absolute atomic E-state index is 12.5. The first-order valence-electron chi connectivity index (χ1n) is 7.20. The Labute approximate surface area is 128 Å². The zero-order valence-electron chi connectivity index (χ0n) is 12.6. The summed E-state index contributed by atoms with van der Waals surface area (Å²) in [5.74, 6) is 1.06. The SMILES string of the molecule is COc1ccccc1-c1cc(C(=O)N2CCO[C@H](C)C2)no1. The molecule has 3 rings (SSSR count). The third kappa shape index (κ3) is 2.82. The number of ether oxygens (including phenoxy) is 2. The Kier molecular flexibility index (Phi) is 4.11. The molecule has 1 amide bonds. The van der Waals surface area contributed by atoms with Crippen LogP contribution in [-0.4, -0.2) is 48.9 Å². The molecule has 1 aromatic heterocycles. The molecule has 6 heteroatoms. The molecular weight excluding hydrogens is 284 g/mol. The summed E-state index contributed by atoms with van der Waals surface area (Å²) in [4.78, 5) is 14.2. The molecule has 0 radical (unpaired) electrons. The average molecular weight is 302 g/mol. The minimum absolute atomic E-state index is 0.0401. The van der Waals surface area contributed by atoms with E-state index < -0.39 is 0 Å². The first kappa shape index (κ1) is 14.6. The summed E-state index contributed by atoms with van der Waals surface area (Å²) < 4.78 is 16.1. The molecule has 0 bridgehead atoms. The van der Waals surface area contributed by atoms with Crippen molar-refractivity contribution in [3.05, 3.63) is 36.0 Å². The zero-order valence-corrected chi connectivity index (χ0v) is 12.6. The van der Waals surface area contributed by atoms with Crippen LogP contribution in [0.15, 0.2) is 34.9 Å². The van der Waals surface area contributed by atoms with E-state index in [0.717, 1.165) is 5.56 Å². The Morgan fingerprint density at radius 1 is 1.41 bits per heavy atom. The number of rotatable bonds is 3. The summed E-state index contributed by atoms with van der Waals surface area (Å²) in [7, 11) is 1.59. The highest BCUT2D eigenvalue weighted by Crippen LogP contribution is 2.30. The van der Waals surface area contributed by atoms with Crippen LogP contribution in [-0.2, 0) is 4.74 Å². The van der Waals surface area contributed by atoms with Crippen molar-refractivity contribution in [1.29, 1.82) is 0 Å². The summed E-state index contributed by atoms with van der Waals surface area (Å²) in [6.45, 7) is 3.63. The van der Waals surface area contributed by atoms with Crippen LogP contribution in [0.5, 0.6) is 5.75 Å². The topological polar surface area (TPSA) is 64.8 Å². The molecule has 0 aliphatic carbocycles. The molecule has 0 N–H and O–H groups in total. The molecule has 2 aromatic rings. The fourth-order valence-corrected chi connectivity index (χ4v) is 2.52. The molecule has 1 saturated heterocycles. The lowest BCUT2D eigenvalue weighted by Gasteiger charge is -2.30. The van der Waals surface area contributed by atoms with Crippen molar-refractivity contribution in [2.75, 3.05) is 26.8 Å². The number of hydrogen-bond acceptors (Lipinski definition) is 5. The van der Waals surface area contributed by atoms with E-state index in [-0.39, 0.29) is 12.0 Å². The van der Waals surface area contributed by atoms with Crippen molar-refractivity contribution in [3.8, 4) is 17.1 Å². The Morgan fingerprint density at radius 2 is 2.23 bits per heavy atom. The van der Waals surface area contributed by atoms with E-state index in [0.29, 0.717) is 36.9 Å². The Morgan fingerprint density at radius 3 is 3.00 bits per heavy atom. The Bertz CT molecular complexity index is 668. The predicted molar refractivity (Wildman–Crippen MR) is 79.8 cm³/mol. The molecule has 0 spiro atoms. The van der Waals surface area contributed by atoms with E-state index in [1.54, 1.807) is 18.1 Å². The molecule has 1 atom stereocenters. The number of aromatic nitrogens is 1. The summed E-state index contributed by atoms with van der Waals surface area (Å²) in [5, 5.41) is 3.91. The van der Waals surface area contributed by atoms with Gasteiger partial charge in [-0.05, 0) is 19.1 Å². The lowest BCUT2D eigenvalue weighted by molar-refractivity contribution is -0.0127. The second-order valence-corrected chi connectivity index (χ2v) is 5.21. The van der Waals surface area contributed by atoms with Crippen LogP contribution in [0.4, 0.5) is 0 Å². The van der Waals surface area contributed by atoms with Gasteiger partial charge in [0.2, 0.25) is 0 Å². The van der Waals surface area contributed by atoms with Gasteiger partial charge in [-0.3, -0.25) is 4.79 Å². The number of hydrogen-bond donors (Lipinski definition) is 0. The molecule has 1 aliphatic heterocycles. The third-order valence-electron chi connectivity index (χ3n) is 3.63. The molecule has 0 unspecified atom stereocenters. The molecule has 1 aliphatic rings. The highest BCUT2D eigenvalue weighted by Gasteiger charge is 2.25. The highest BCUT2D eigenvalue weighted by atomic mass is 16.5. The second kappa shape index (κ2) is 6.19. The summed E-state index contributed by atoms with van der Waals surface area (Å²) in [6, 6.07) is 9.11. The first-order chi connectivity index (χ1) is 10.7. The second-order valence-electron chi connectivity index (χ2n) is 5.21. The van der Waals surface area contributed by atoms with Crippen LogP contribution in [0.25, 0.3) is 11.3 Å². The smallest absolute Gasteiger partial charge is 0.276 e. The molecule has 0 saturated carbocycles. The lowest BCUT2D eigenvalue weighted by Crippen LogP contribution is -2.44. The van der Waals surface area contributed by atoms with Crippen LogP contribution in [0.3, 0.4) is 0 Å². The first-order valence-corrected chi connectivity index (χ1v) is 7.20. The number of amides is 1. The van der Waals surface area contributed by atoms with Gasteiger partial charge in [-0.1, -0.05) is 17.3 Å². The molecule has 1 aromatic carbocycles. The molecule has 116 valence electrons. The highest BCUT2D eigenvalue weighted by molar-refractivity contribution is 5.93. The minimum atomic E-state index is -0.139. The van der Waals surface area contributed by atoms with Crippen molar-refractivity contribution in [1.82, 2.24) is 10.1 Å². The average Bonchev–Trinajstić information content (AvgIpc) is 3.04. The normalized spacial score (nSPS) is 18.3. The van der Waals surface area contributed by atoms with E-state index in [9.17, 15) is 4.79 Å². The molecule has 6 nitrogen and oxygen atoms in total. The standard InChI is InChI=1S/C16H18N2O4/c1-11-10-18(7-8-21-11)16(19)13-9-15(22-17-13)12-5-3-4-6-14(12)20-2/h3-6,9,11H,7-8,10H2,1-2H3/t11-/m1/s1. The van der Waals surface area contributed by atoms with Gasteiger partial charge in [0.1, 0.15) is 5.75 Å². The Hall–Kier alpha value is -2.34. The van der Waals surface area contributed by atoms with Crippen molar-refractivity contribution in [3.63, 3.8) is 0 Å². The van der Waals surface area contributed by atoms with Gasteiger partial charge in [-0.25, -0.2) is 0 Å². The number of nitrogens with zero attached hydrogens (tertiary/aromatic N) is 2. The Balaban J connectivity index is 1.83. The molecule has 1 fully saturated rings. The molecule has 22 heavy (non-hydrogen) atoms. The van der Waals surface area contributed by atoms with Gasteiger partial charge < -0.3 is 18.9 Å². The fourth-order valence-electron chi connectivity index (χ4n) is 2.52. The fraction of sp³-hybridized carbons (Fsp3) is 0.375. The summed E-state index contributed by atoms with van der Waals surface area (Å²) >= 11 is 0. The van der Waals surface area contributed by atoms with Crippen molar-refractivity contribution < 1.29 is 18.8 Å². The summed E-state index contributed by atoms with van der Waals surface area (Å²) in [6.07, 6.45) is 0.0401. The van der Waals surface area contributed by atoms with E-state index >= 15 is 0 Å². The lowest BCUT2D eigenvalue weighted by atomic mass is 10.1. The van der Waals surface area contributed by atoms with Crippen LogP contribution in [0.1, 0.15) is 17.4 Å². The van der Waals surface area contributed by atoms with Crippen LogP contribution >= 0.6 is 0 Å². The third-order valence-corrected chi connectivity index (χ3v) is 3.63. The number of carbonyl (C=O) groups excluding carboxylic acids is 1. The largest absolute Gasteiger partial charge is 0.496 e. The van der Waals surface area contributed by atoms with Crippen molar-refractivity contribution in [2.24, 2.45) is 0 Å². The van der Waals surface area contributed by atoms with E-state index in [2.05, 4.69) is 5.16 Å². The predicted octanol–water partition coefficient (Wildman–Crippen LogP) is 2.21. The van der Waals surface area contributed by atoms with Gasteiger partial charge >= 0.3 is 0 Å². The van der Waals surface area contributed by atoms with E-state index in [1.807, 2.05) is 31.2 Å². The summed E-state index contributed by atoms with van der Waals surface area (Å²) in [5.41, 5.74) is 1.07.